The minimum atomic E-state index is -1.15. The molecule has 0 bridgehead atoms. The normalized spacial score (nSPS) is 19.6. The summed E-state index contributed by atoms with van der Waals surface area (Å²) in [6.07, 6.45) is -2.04. The number of hydrogen-bond donors (Lipinski definition) is 1. The van der Waals surface area contributed by atoms with Gasteiger partial charge in [0, 0.05) is 12.6 Å². The fourth-order valence-corrected chi connectivity index (χ4v) is 2.06. The molecule has 0 radical (unpaired) electrons. The Balaban J connectivity index is 1.99. The molecular weight excluding hydrogens is 300 g/mol. The van der Waals surface area contributed by atoms with Crippen LogP contribution >= 0.6 is 0 Å². The molecule has 1 aromatic carbocycles. The SMILES string of the molecule is C[C@@H](Oc1ccc(F)c(F)c1)C(=O)N1CCO[C@H](C(=O)O)C1. The van der Waals surface area contributed by atoms with E-state index in [0.717, 1.165) is 12.1 Å². The van der Waals surface area contributed by atoms with Crippen molar-refractivity contribution in [1.82, 2.24) is 4.90 Å². The highest BCUT2D eigenvalue weighted by Gasteiger charge is 2.31. The monoisotopic (exact) mass is 315 g/mol. The maximum absolute atomic E-state index is 13.1. The van der Waals surface area contributed by atoms with Crippen molar-refractivity contribution in [2.24, 2.45) is 0 Å². The molecule has 0 aliphatic carbocycles. The van der Waals surface area contributed by atoms with Crippen molar-refractivity contribution in [3.05, 3.63) is 29.8 Å². The molecule has 1 amide bonds. The summed E-state index contributed by atoms with van der Waals surface area (Å²) in [5.74, 6) is -3.66. The van der Waals surface area contributed by atoms with Gasteiger partial charge in [0.05, 0.1) is 13.2 Å². The summed E-state index contributed by atoms with van der Waals surface area (Å²) in [7, 11) is 0. The lowest BCUT2D eigenvalue weighted by Crippen LogP contribution is -2.51. The fraction of sp³-hybridized carbons (Fsp3) is 0.429. The van der Waals surface area contributed by atoms with Crippen molar-refractivity contribution in [2.75, 3.05) is 19.7 Å². The maximum Gasteiger partial charge on any atom is 0.334 e. The molecule has 0 saturated carbocycles. The Hall–Kier alpha value is -2.22. The van der Waals surface area contributed by atoms with Crippen molar-refractivity contribution < 1.29 is 33.0 Å². The number of ether oxygens (including phenoxy) is 2. The van der Waals surface area contributed by atoms with Gasteiger partial charge in [-0.15, -0.1) is 0 Å². The van der Waals surface area contributed by atoms with Crippen molar-refractivity contribution >= 4 is 11.9 Å². The molecule has 120 valence electrons. The van der Waals surface area contributed by atoms with Gasteiger partial charge in [-0.3, -0.25) is 4.79 Å². The van der Waals surface area contributed by atoms with Crippen LogP contribution in [0.25, 0.3) is 0 Å². The number of nitrogens with zero attached hydrogens (tertiary/aromatic N) is 1. The minimum absolute atomic E-state index is 0.0165. The van der Waals surface area contributed by atoms with Gasteiger partial charge in [0.25, 0.3) is 5.91 Å². The minimum Gasteiger partial charge on any atom is -0.481 e. The summed E-state index contributed by atoms with van der Waals surface area (Å²) in [6, 6.07) is 2.96. The molecule has 1 aliphatic rings. The fourth-order valence-electron chi connectivity index (χ4n) is 2.06. The first-order valence-corrected chi connectivity index (χ1v) is 6.63. The number of amides is 1. The number of carboxylic acids is 1. The molecule has 6 nitrogen and oxygen atoms in total. The first kappa shape index (κ1) is 16.2. The third-order valence-corrected chi connectivity index (χ3v) is 3.21. The van der Waals surface area contributed by atoms with E-state index in [9.17, 15) is 18.4 Å². The molecule has 0 spiro atoms. The number of carboxylic acid groups (broad SMARTS) is 1. The average Bonchev–Trinajstić information content (AvgIpc) is 2.50. The third kappa shape index (κ3) is 3.70. The molecule has 0 aromatic heterocycles. The van der Waals surface area contributed by atoms with Gasteiger partial charge in [0.15, 0.2) is 23.8 Å². The zero-order chi connectivity index (χ0) is 16.3. The Morgan fingerprint density at radius 2 is 2.14 bits per heavy atom. The lowest BCUT2D eigenvalue weighted by Gasteiger charge is -2.32. The molecule has 0 unspecified atom stereocenters. The van der Waals surface area contributed by atoms with Gasteiger partial charge < -0.3 is 19.5 Å². The number of aliphatic carboxylic acids is 1. The summed E-state index contributed by atoms with van der Waals surface area (Å²) < 4.78 is 36.2. The van der Waals surface area contributed by atoms with Gasteiger partial charge in [0.1, 0.15) is 5.75 Å². The van der Waals surface area contributed by atoms with E-state index in [1.54, 1.807) is 0 Å². The molecule has 1 fully saturated rings. The van der Waals surface area contributed by atoms with E-state index in [0.29, 0.717) is 0 Å². The smallest absolute Gasteiger partial charge is 0.334 e. The van der Waals surface area contributed by atoms with Crippen molar-refractivity contribution in [3.8, 4) is 5.75 Å². The summed E-state index contributed by atoms with van der Waals surface area (Å²) in [4.78, 5) is 24.4. The second-order valence-corrected chi connectivity index (χ2v) is 4.82. The summed E-state index contributed by atoms with van der Waals surface area (Å²) >= 11 is 0. The van der Waals surface area contributed by atoms with Crippen LogP contribution in [0.15, 0.2) is 18.2 Å². The van der Waals surface area contributed by atoms with E-state index in [4.69, 9.17) is 14.6 Å². The summed E-state index contributed by atoms with van der Waals surface area (Å²) in [5, 5.41) is 8.90. The van der Waals surface area contributed by atoms with E-state index in [1.165, 1.54) is 17.9 Å². The van der Waals surface area contributed by atoms with Gasteiger partial charge in [-0.05, 0) is 19.1 Å². The van der Waals surface area contributed by atoms with E-state index in [-0.39, 0.29) is 25.4 Å². The number of morpholine rings is 1. The lowest BCUT2D eigenvalue weighted by atomic mass is 10.2. The van der Waals surface area contributed by atoms with Crippen molar-refractivity contribution in [1.29, 1.82) is 0 Å². The first-order valence-electron chi connectivity index (χ1n) is 6.63. The quantitative estimate of drug-likeness (QED) is 0.898. The molecule has 22 heavy (non-hydrogen) atoms. The maximum atomic E-state index is 13.1. The number of benzene rings is 1. The molecule has 1 aromatic rings. The standard InChI is InChI=1S/C14H15F2NO5/c1-8(22-9-2-3-10(15)11(16)6-9)13(18)17-4-5-21-12(7-17)14(19)20/h2-3,6,8,12H,4-5,7H2,1H3,(H,19,20)/t8-,12+/m1/s1. The number of halogens is 2. The van der Waals surface area contributed by atoms with Gasteiger partial charge in [-0.2, -0.15) is 0 Å². The van der Waals surface area contributed by atoms with Crippen LogP contribution in [0.2, 0.25) is 0 Å². The lowest BCUT2D eigenvalue weighted by molar-refractivity contribution is -0.161. The van der Waals surface area contributed by atoms with E-state index in [1.807, 2.05) is 0 Å². The molecule has 8 heteroatoms. The van der Waals surface area contributed by atoms with Crippen LogP contribution in [0, 0.1) is 11.6 Å². The Morgan fingerprint density at radius 3 is 2.77 bits per heavy atom. The van der Waals surface area contributed by atoms with Crippen molar-refractivity contribution in [3.63, 3.8) is 0 Å². The van der Waals surface area contributed by atoms with Gasteiger partial charge >= 0.3 is 5.97 Å². The Bertz CT molecular complexity index is 580. The van der Waals surface area contributed by atoms with Crippen LogP contribution in [0.1, 0.15) is 6.92 Å². The van der Waals surface area contributed by atoms with Gasteiger partial charge in [0.2, 0.25) is 0 Å². The number of carbonyl (C=O) groups is 2. The Kier molecular flexibility index (Phi) is 4.92. The number of rotatable bonds is 4. The second kappa shape index (κ2) is 6.69. The zero-order valence-electron chi connectivity index (χ0n) is 11.8. The first-order chi connectivity index (χ1) is 10.4. The van der Waals surface area contributed by atoms with Crippen LogP contribution < -0.4 is 4.74 Å². The van der Waals surface area contributed by atoms with E-state index >= 15 is 0 Å². The molecule has 1 N–H and O–H groups in total. The van der Waals surface area contributed by atoms with Gasteiger partial charge in [-0.1, -0.05) is 0 Å². The van der Waals surface area contributed by atoms with E-state index in [2.05, 4.69) is 0 Å². The average molecular weight is 315 g/mol. The predicted molar refractivity (Wildman–Crippen MR) is 70.4 cm³/mol. The molecule has 2 rings (SSSR count). The highest BCUT2D eigenvalue weighted by atomic mass is 19.2. The highest BCUT2D eigenvalue weighted by molar-refractivity contribution is 5.82. The topological polar surface area (TPSA) is 76.1 Å². The second-order valence-electron chi connectivity index (χ2n) is 4.82. The van der Waals surface area contributed by atoms with Crippen LogP contribution in [0.3, 0.4) is 0 Å². The molecular formula is C14H15F2NO5. The highest BCUT2D eigenvalue weighted by Crippen LogP contribution is 2.18. The Labute approximate surface area is 125 Å². The van der Waals surface area contributed by atoms with Crippen molar-refractivity contribution in [2.45, 2.75) is 19.1 Å². The third-order valence-electron chi connectivity index (χ3n) is 3.21. The molecule has 2 atom stereocenters. The van der Waals surface area contributed by atoms with Gasteiger partial charge in [-0.25, -0.2) is 13.6 Å². The Morgan fingerprint density at radius 1 is 1.41 bits per heavy atom. The number of carbonyl (C=O) groups excluding carboxylic acids is 1. The predicted octanol–water partition coefficient (Wildman–Crippen LogP) is 1.04. The summed E-state index contributed by atoms with van der Waals surface area (Å²) in [5.41, 5.74) is 0. The molecule has 1 heterocycles. The molecule has 1 saturated heterocycles. The van der Waals surface area contributed by atoms with Crippen LogP contribution in [-0.4, -0.2) is 53.8 Å². The van der Waals surface area contributed by atoms with E-state index < -0.39 is 35.7 Å². The van der Waals surface area contributed by atoms with Crippen LogP contribution in [0.5, 0.6) is 5.75 Å². The van der Waals surface area contributed by atoms with Crippen LogP contribution in [-0.2, 0) is 14.3 Å². The largest absolute Gasteiger partial charge is 0.481 e. The zero-order valence-corrected chi connectivity index (χ0v) is 11.8. The number of hydrogen-bond acceptors (Lipinski definition) is 4. The molecule has 1 aliphatic heterocycles. The summed E-state index contributed by atoms with van der Waals surface area (Å²) in [6.45, 7) is 1.73. The van der Waals surface area contributed by atoms with Crippen LogP contribution in [0.4, 0.5) is 8.78 Å².